The Morgan fingerprint density at radius 1 is 1.38 bits per heavy atom. The maximum atomic E-state index is 10.5. The molecule has 0 radical (unpaired) electrons. The monoisotopic (exact) mass is 215 g/mol. The van der Waals surface area contributed by atoms with Gasteiger partial charge in [0.2, 0.25) is 0 Å². The average molecular weight is 215 g/mol. The van der Waals surface area contributed by atoms with E-state index in [1.54, 1.807) is 6.20 Å². The minimum Gasteiger partial charge on any atom is -0.481 e. The molecule has 3 nitrogen and oxygen atoms in total. The molecule has 2 rings (SSSR count). The van der Waals surface area contributed by atoms with E-state index in [0.717, 1.165) is 22.0 Å². The fourth-order valence-electron chi connectivity index (χ4n) is 1.77. The van der Waals surface area contributed by atoms with Crippen molar-refractivity contribution in [2.24, 2.45) is 0 Å². The summed E-state index contributed by atoms with van der Waals surface area (Å²) in [7, 11) is 0. The van der Waals surface area contributed by atoms with Gasteiger partial charge < -0.3 is 5.11 Å². The Morgan fingerprint density at radius 3 is 2.94 bits per heavy atom. The zero-order valence-electron chi connectivity index (χ0n) is 9.10. The van der Waals surface area contributed by atoms with Crippen LogP contribution in [0.25, 0.3) is 10.8 Å². The van der Waals surface area contributed by atoms with Gasteiger partial charge in [0.15, 0.2) is 0 Å². The number of aromatic nitrogens is 1. The SMILES string of the molecule is Cc1ccc2ccnc(CCC(=O)O)c2c1. The zero-order chi connectivity index (χ0) is 11.5. The van der Waals surface area contributed by atoms with E-state index in [1.807, 2.05) is 25.1 Å². The van der Waals surface area contributed by atoms with Crippen LogP contribution in [0, 0.1) is 6.92 Å². The third kappa shape index (κ3) is 2.19. The van der Waals surface area contributed by atoms with Crippen LogP contribution >= 0.6 is 0 Å². The fraction of sp³-hybridized carbons (Fsp3) is 0.231. The third-order valence-corrected chi connectivity index (χ3v) is 2.58. The van der Waals surface area contributed by atoms with Crippen molar-refractivity contribution in [3.05, 3.63) is 41.7 Å². The molecule has 82 valence electrons. The molecular weight excluding hydrogens is 202 g/mol. The standard InChI is InChI=1S/C13H13NO2/c1-9-2-3-10-6-7-14-12(11(10)8-9)4-5-13(15)16/h2-3,6-8H,4-5H2,1H3,(H,15,16). The Kier molecular flexibility index (Phi) is 2.86. The van der Waals surface area contributed by atoms with E-state index in [2.05, 4.69) is 11.1 Å². The van der Waals surface area contributed by atoms with Gasteiger partial charge in [0, 0.05) is 23.7 Å². The summed E-state index contributed by atoms with van der Waals surface area (Å²) in [4.78, 5) is 14.8. The molecule has 1 N–H and O–H groups in total. The van der Waals surface area contributed by atoms with Crippen molar-refractivity contribution in [1.82, 2.24) is 4.98 Å². The lowest BCUT2D eigenvalue weighted by Crippen LogP contribution is -1.99. The molecule has 1 aromatic carbocycles. The molecule has 0 fully saturated rings. The molecule has 0 unspecified atom stereocenters. The summed E-state index contributed by atoms with van der Waals surface area (Å²) in [6.07, 6.45) is 2.34. The van der Waals surface area contributed by atoms with Gasteiger partial charge in [-0.25, -0.2) is 0 Å². The minimum atomic E-state index is -0.786. The number of aryl methyl sites for hydroxylation is 2. The second-order valence-electron chi connectivity index (χ2n) is 3.88. The first kappa shape index (κ1) is 10.6. The first-order valence-corrected chi connectivity index (χ1v) is 5.23. The molecule has 0 aliphatic heterocycles. The molecule has 2 aromatic rings. The summed E-state index contributed by atoms with van der Waals surface area (Å²) in [5.74, 6) is -0.786. The molecule has 16 heavy (non-hydrogen) atoms. The zero-order valence-corrected chi connectivity index (χ0v) is 9.10. The number of hydrogen-bond acceptors (Lipinski definition) is 2. The largest absolute Gasteiger partial charge is 0.481 e. The first-order valence-electron chi connectivity index (χ1n) is 5.23. The molecule has 0 aliphatic carbocycles. The number of carboxylic acids is 1. The van der Waals surface area contributed by atoms with Gasteiger partial charge in [-0.15, -0.1) is 0 Å². The molecule has 1 heterocycles. The number of fused-ring (bicyclic) bond motifs is 1. The predicted molar refractivity (Wildman–Crippen MR) is 62.4 cm³/mol. The van der Waals surface area contributed by atoms with Crippen molar-refractivity contribution < 1.29 is 9.90 Å². The van der Waals surface area contributed by atoms with Crippen LogP contribution in [0.4, 0.5) is 0 Å². The highest BCUT2D eigenvalue weighted by molar-refractivity contribution is 5.85. The fourth-order valence-corrected chi connectivity index (χ4v) is 1.77. The van der Waals surface area contributed by atoms with Gasteiger partial charge in [-0.3, -0.25) is 9.78 Å². The van der Waals surface area contributed by atoms with Crippen molar-refractivity contribution >= 4 is 16.7 Å². The number of pyridine rings is 1. The van der Waals surface area contributed by atoms with Crippen molar-refractivity contribution in [3.63, 3.8) is 0 Å². The summed E-state index contributed by atoms with van der Waals surface area (Å²) in [5.41, 5.74) is 2.03. The lowest BCUT2D eigenvalue weighted by molar-refractivity contribution is -0.136. The van der Waals surface area contributed by atoms with Crippen LogP contribution in [0.1, 0.15) is 17.7 Å². The average Bonchev–Trinajstić information content (AvgIpc) is 2.26. The lowest BCUT2D eigenvalue weighted by Gasteiger charge is -2.05. The number of carboxylic acid groups (broad SMARTS) is 1. The van der Waals surface area contributed by atoms with Crippen LogP contribution in [0.15, 0.2) is 30.5 Å². The quantitative estimate of drug-likeness (QED) is 0.856. The molecule has 0 saturated heterocycles. The molecule has 0 spiro atoms. The number of nitrogens with zero attached hydrogens (tertiary/aromatic N) is 1. The second kappa shape index (κ2) is 4.31. The van der Waals surface area contributed by atoms with Crippen LogP contribution in [-0.2, 0) is 11.2 Å². The van der Waals surface area contributed by atoms with E-state index >= 15 is 0 Å². The van der Waals surface area contributed by atoms with Crippen LogP contribution < -0.4 is 0 Å². The van der Waals surface area contributed by atoms with E-state index < -0.39 is 5.97 Å². The molecule has 0 atom stereocenters. The second-order valence-corrected chi connectivity index (χ2v) is 3.88. The van der Waals surface area contributed by atoms with Gasteiger partial charge in [-0.05, 0) is 24.4 Å². The van der Waals surface area contributed by atoms with Gasteiger partial charge in [0.1, 0.15) is 0 Å². The van der Waals surface area contributed by atoms with E-state index in [0.29, 0.717) is 6.42 Å². The summed E-state index contributed by atoms with van der Waals surface area (Å²) < 4.78 is 0. The number of hydrogen-bond donors (Lipinski definition) is 1. The highest BCUT2D eigenvalue weighted by Crippen LogP contribution is 2.19. The summed E-state index contributed by atoms with van der Waals surface area (Å²) >= 11 is 0. The molecule has 1 aromatic heterocycles. The number of rotatable bonds is 3. The van der Waals surface area contributed by atoms with Gasteiger partial charge in [0.05, 0.1) is 6.42 Å². The molecule has 0 amide bonds. The van der Waals surface area contributed by atoms with Gasteiger partial charge in [0.25, 0.3) is 0 Å². The Labute approximate surface area is 93.7 Å². The normalized spacial score (nSPS) is 10.6. The van der Waals surface area contributed by atoms with Gasteiger partial charge in [-0.2, -0.15) is 0 Å². The lowest BCUT2D eigenvalue weighted by atomic mass is 10.0. The summed E-state index contributed by atoms with van der Waals surface area (Å²) in [6, 6.07) is 8.08. The van der Waals surface area contributed by atoms with Crippen LogP contribution in [0.3, 0.4) is 0 Å². The van der Waals surface area contributed by atoms with Crippen LogP contribution in [0.5, 0.6) is 0 Å². The maximum absolute atomic E-state index is 10.5. The summed E-state index contributed by atoms with van der Waals surface area (Å²) in [6.45, 7) is 2.02. The van der Waals surface area contributed by atoms with E-state index in [-0.39, 0.29) is 6.42 Å². The molecule has 3 heteroatoms. The van der Waals surface area contributed by atoms with E-state index in [4.69, 9.17) is 5.11 Å². The highest BCUT2D eigenvalue weighted by Gasteiger charge is 2.05. The van der Waals surface area contributed by atoms with Crippen molar-refractivity contribution in [2.45, 2.75) is 19.8 Å². The predicted octanol–water partition coefficient (Wildman–Crippen LogP) is 2.56. The Bertz CT molecular complexity index is 534. The number of benzene rings is 1. The topological polar surface area (TPSA) is 50.2 Å². The Balaban J connectivity index is 2.43. The van der Waals surface area contributed by atoms with Crippen LogP contribution in [-0.4, -0.2) is 16.1 Å². The minimum absolute atomic E-state index is 0.125. The first-order chi connectivity index (χ1) is 7.66. The highest BCUT2D eigenvalue weighted by atomic mass is 16.4. The molecular formula is C13H13NO2. The van der Waals surface area contributed by atoms with Crippen LogP contribution in [0.2, 0.25) is 0 Å². The molecule has 0 aliphatic rings. The number of carbonyl (C=O) groups is 1. The molecule has 0 bridgehead atoms. The van der Waals surface area contributed by atoms with Crippen molar-refractivity contribution in [3.8, 4) is 0 Å². The van der Waals surface area contributed by atoms with Crippen molar-refractivity contribution in [1.29, 1.82) is 0 Å². The number of aliphatic carboxylic acids is 1. The van der Waals surface area contributed by atoms with Crippen molar-refractivity contribution in [2.75, 3.05) is 0 Å². The summed E-state index contributed by atoms with van der Waals surface area (Å²) in [5, 5.41) is 10.8. The van der Waals surface area contributed by atoms with E-state index in [9.17, 15) is 4.79 Å². The molecule has 0 saturated carbocycles. The smallest absolute Gasteiger partial charge is 0.303 e. The third-order valence-electron chi connectivity index (χ3n) is 2.58. The van der Waals surface area contributed by atoms with Gasteiger partial charge >= 0.3 is 5.97 Å². The Hall–Kier alpha value is -1.90. The Morgan fingerprint density at radius 2 is 2.19 bits per heavy atom. The van der Waals surface area contributed by atoms with Gasteiger partial charge in [-0.1, -0.05) is 17.7 Å². The van der Waals surface area contributed by atoms with E-state index in [1.165, 1.54) is 0 Å². The maximum Gasteiger partial charge on any atom is 0.303 e.